The summed E-state index contributed by atoms with van der Waals surface area (Å²) in [5.41, 5.74) is 1.11. The summed E-state index contributed by atoms with van der Waals surface area (Å²) in [6.45, 7) is 3.78. The number of benzene rings is 1. The maximum absolute atomic E-state index is 13.4. The molecular formula is C22H26N2O4S2. The summed E-state index contributed by atoms with van der Waals surface area (Å²) in [4.78, 5) is 29.0. The molecule has 2 amide bonds. The van der Waals surface area contributed by atoms with Gasteiger partial charge in [0.05, 0.1) is 29.0 Å². The summed E-state index contributed by atoms with van der Waals surface area (Å²) in [7, 11) is -3.13. The molecule has 2 fully saturated rings. The van der Waals surface area contributed by atoms with Gasteiger partial charge in [-0.1, -0.05) is 23.8 Å². The molecule has 0 unspecified atom stereocenters. The molecule has 4 rings (SSSR count). The van der Waals surface area contributed by atoms with Gasteiger partial charge in [0.25, 0.3) is 0 Å². The van der Waals surface area contributed by atoms with Crippen molar-refractivity contribution in [2.45, 2.75) is 44.7 Å². The van der Waals surface area contributed by atoms with Crippen LogP contribution in [0, 0.1) is 12.8 Å². The van der Waals surface area contributed by atoms with Crippen LogP contribution < -0.4 is 10.2 Å². The van der Waals surface area contributed by atoms with Crippen molar-refractivity contribution in [3.63, 3.8) is 0 Å². The van der Waals surface area contributed by atoms with Crippen molar-refractivity contribution in [2.75, 3.05) is 16.4 Å². The molecule has 6 nitrogen and oxygen atoms in total. The third-order valence-corrected chi connectivity index (χ3v) is 8.86. The van der Waals surface area contributed by atoms with Gasteiger partial charge in [-0.05, 0) is 50.3 Å². The van der Waals surface area contributed by atoms with Gasteiger partial charge >= 0.3 is 0 Å². The van der Waals surface area contributed by atoms with Crippen LogP contribution in [-0.2, 0) is 19.4 Å². The normalized spacial score (nSPS) is 28.5. The third kappa shape index (κ3) is 4.16. The molecule has 0 bridgehead atoms. The zero-order chi connectivity index (χ0) is 21.5. The lowest BCUT2D eigenvalue weighted by Crippen LogP contribution is -2.54. The van der Waals surface area contributed by atoms with Crippen LogP contribution >= 0.6 is 11.3 Å². The fourth-order valence-corrected chi connectivity index (χ4v) is 7.43. The smallest absolute Gasteiger partial charge is 0.227 e. The summed E-state index contributed by atoms with van der Waals surface area (Å²) in [6, 6.07) is 11.2. The Balaban J connectivity index is 1.67. The largest absolute Gasteiger partial charge is 0.350 e. The zero-order valence-corrected chi connectivity index (χ0v) is 18.8. The number of nitrogens with zero attached hydrogens (tertiary/aromatic N) is 1. The van der Waals surface area contributed by atoms with E-state index >= 15 is 0 Å². The number of piperidine rings is 1. The fourth-order valence-electron chi connectivity index (χ4n) is 4.46. The first-order chi connectivity index (χ1) is 14.2. The van der Waals surface area contributed by atoms with Crippen molar-refractivity contribution in [3.05, 3.63) is 52.2 Å². The van der Waals surface area contributed by atoms with E-state index in [4.69, 9.17) is 0 Å². The number of carbonyl (C=O) groups excluding carboxylic acids is 2. The molecule has 1 aromatic carbocycles. The second-order valence-corrected chi connectivity index (χ2v) is 11.8. The van der Waals surface area contributed by atoms with Gasteiger partial charge in [-0.3, -0.25) is 9.59 Å². The van der Waals surface area contributed by atoms with E-state index < -0.39 is 27.3 Å². The first kappa shape index (κ1) is 21.1. The Morgan fingerprint density at radius 2 is 1.97 bits per heavy atom. The van der Waals surface area contributed by atoms with Gasteiger partial charge in [0, 0.05) is 17.0 Å². The van der Waals surface area contributed by atoms with Crippen molar-refractivity contribution in [2.24, 2.45) is 5.92 Å². The van der Waals surface area contributed by atoms with Crippen LogP contribution in [-0.4, -0.2) is 37.3 Å². The number of aryl methyl sites for hydroxylation is 1. The Morgan fingerprint density at radius 1 is 1.23 bits per heavy atom. The molecule has 160 valence electrons. The minimum absolute atomic E-state index is 0.00374. The van der Waals surface area contributed by atoms with Gasteiger partial charge in [0.2, 0.25) is 11.8 Å². The number of thiophene rings is 1. The molecular weight excluding hydrogens is 420 g/mol. The molecule has 8 heteroatoms. The monoisotopic (exact) mass is 446 g/mol. The Hall–Kier alpha value is -2.19. The molecule has 0 radical (unpaired) electrons. The van der Waals surface area contributed by atoms with E-state index in [-0.39, 0.29) is 29.7 Å². The first-order valence-corrected chi connectivity index (χ1v) is 12.8. The van der Waals surface area contributed by atoms with E-state index in [2.05, 4.69) is 5.32 Å². The molecule has 2 aliphatic heterocycles. The van der Waals surface area contributed by atoms with Crippen LogP contribution in [0.5, 0.6) is 0 Å². The molecule has 0 aliphatic carbocycles. The van der Waals surface area contributed by atoms with Gasteiger partial charge in [0.1, 0.15) is 0 Å². The highest BCUT2D eigenvalue weighted by Gasteiger charge is 2.45. The average Bonchev–Trinajstić information content (AvgIpc) is 3.30. The zero-order valence-electron chi connectivity index (χ0n) is 17.1. The van der Waals surface area contributed by atoms with Crippen molar-refractivity contribution >= 4 is 38.7 Å². The van der Waals surface area contributed by atoms with Gasteiger partial charge < -0.3 is 10.2 Å². The van der Waals surface area contributed by atoms with Crippen LogP contribution in [0.3, 0.4) is 0 Å². The van der Waals surface area contributed by atoms with Gasteiger partial charge in [-0.25, -0.2) is 8.42 Å². The van der Waals surface area contributed by atoms with E-state index in [0.717, 1.165) is 16.1 Å². The molecule has 3 atom stereocenters. The third-order valence-electron chi connectivity index (χ3n) is 6.01. The summed E-state index contributed by atoms with van der Waals surface area (Å²) >= 11 is 1.53. The van der Waals surface area contributed by atoms with E-state index in [9.17, 15) is 18.0 Å². The van der Waals surface area contributed by atoms with E-state index in [1.54, 1.807) is 11.8 Å². The first-order valence-electron chi connectivity index (χ1n) is 10.1. The fraction of sp³-hybridized carbons (Fsp3) is 0.455. The number of anilines is 1. The second-order valence-electron chi connectivity index (χ2n) is 8.60. The van der Waals surface area contributed by atoms with Crippen molar-refractivity contribution in [1.29, 1.82) is 0 Å². The highest BCUT2D eigenvalue weighted by atomic mass is 32.2. The molecule has 0 spiro atoms. The summed E-state index contributed by atoms with van der Waals surface area (Å²) in [5, 5.41) is 4.96. The van der Waals surface area contributed by atoms with Crippen LogP contribution in [0.2, 0.25) is 0 Å². The Morgan fingerprint density at radius 3 is 2.57 bits per heavy atom. The van der Waals surface area contributed by atoms with Gasteiger partial charge in [-0.2, -0.15) is 0 Å². The van der Waals surface area contributed by atoms with Crippen molar-refractivity contribution < 1.29 is 18.0 Å². The van der Waals surface area contributed by atoms with Gasteiger partial charge in [-0.15, -0.1) is 11.3 Å². The second kappa shape index (κ2) is 7.81. The van der Waals surface area contributed by atoms with Crippen LogP contribution in [0.1, 0.15) is 42.7 Å². The molecule has 2 aromatic rings. The lowest BCUT2D eigenvalue weighted by Gasteiger charge is -2.41. The SMILES string of the molecule is Cc1ccc(N2C(=O)CC[C@H](C(=O)N[C@@]3(C)CCS(=O)(=O)C3)[C@H]2c2cccs2)cc1. The Kier molecular flexibility index (Phi) is 5.48. The highest BCUT2D eigenvalue weighted by molar-refractivity contribution is 7.91. The number of hydrogen-bond acceptors (Lipinski definition) is 5. The lowest BCUT2D eigenvalue weighted by atomic mass is 9.85. The molecule has 0 saturated carbocycles. The summed E-state index contributed by atoms with van der Waals surface area (Å²) in [6.07, 6.45) is 1.14. The number of carbonyl (C=O) groups is 2. The summed E-state index contributed by atoms with van der Waals surface area (Å²) in [5.74, 6) is -0.573. The standard InChI is InChI=1S/C22H26N2O4S2/c1-15-5-7-16(8-6-15)24-19(25)10-9-17(20(24)18-4-3-12-29-18)21(26)23-22(2)11-13-30(27,28)14-22/h3-8,12,17,20H,9-11,13-14H2,1-2H3,(H,23,26)/t17-,20-,22-/m0/s1. The summed E-state index contributed by atoms with van der Waals surface area (Å²) < 4.78 is 23.9. The number of amides is 2. The Bertz CT molecular complexity index is 1050. The molecule has 1 aromatic heterocycles. The van der Waals surface area contributed by atoms with E-state index in [1.165, 1.54) is 11.3 Å². The number of hydrogen-bond donors (Lipinski definition) is 1. The predicted octanol–water partition coefficient (Wildman–Crippen LogP) is 3.23. The maximum atomic E-state index is 13.4. The van der Waals surface area contributed by atoms with Crippen LogP contribution in [0.4, 0.5) is 5.69 Å². The minimum Gasteiger partial charge on any atom is -0.350 e. The Labute approximate surface area is 181 Å². The molecule has 1 N–H and O–H groups in total. The molecule has 2 saturated heterocycles. The quantitative estimate of drug-likeness (QED) is 0.782. The average molecular weight is 447 g/mol. The topological polar surface area (TPSA) is 83.6 Å². The number of sulfone groups is 1. The van der Waals surface area contributed by atoms with E-state index in [0.29, 0.717) is 12.8 Å². The van der Waals surface area contributed by atoms with Crippen molar-refractivity contribution in [3.8, 4) is 0 Å². The highest BCUT2D eigenvalue weighted by Crippen LogP contribution is 2.42. The van der Waals surface area contributed by atoms with Crippen molar-refractivity contribution in [1.82, 2.24) is 5.32 Å². The predicted molar refractivity (Wildman–Crippen MR) is 118 cm³/mol. The minimum atomic E-state index is -3.13. The number of rotatable bonds is 4. The molecule has 30 heavy (non-hydrogen) atoms. The molecule has 3 heterocycles. The number of nitrogens with one attached hydrogen (secondary N) is 1. The van der Waals surface area contributed by atoms with Crippen LogP contribution in [0.15, 0.2) is 41.8 Å². The van der Waals surface area contributed by atoms with E-state index in [1.807, 2.05) is 48.7 Å². The van der Waals surface area contributed by atoms with Crippen LogP contribution in [0.25, 0.3) is 0 Å². The maximum Gasteiger partial charge on any atom is 0.227 e. The van der Waals surface area contributed by atoms with Gasteiger partial charge in [0.15, 0.2) is 9.84 Å². The lowest BCUT2D eigenvalue weighted by molar-refractivity contribution is -0.130. The molecule has 2 aliphatic rings.